The number of likely N-dealkylation sites (N-methyl/N-ethyl adjacent to an activating group) is 2. The van der Waals surface area contributed by atoms with Gasteiger partial charge in [-0.05, 0) is 50.5 Å². The number of carbonyl (C=O) groups excluding carboxylic acids is 4. The fourth-order valence-corrected chi connectivity index (χ4v) is 7.07. The van der Waals surface area contributed by atoms with Gasteiger partial charge in [0, 0.05) is 5.92 Å². The van der Waals surface area contributed by atoms with Crippen LogP contribution in [0.15, 0.2) is 18.2 Å². The van der Waals surface area contributed by atoms with E-state index in [0.717, 1.165) is 0 Å². The molecule has 0 aromatic heterocycles. The number of nitrogens with zero attached hydrogens (tertiary/aromatic N) is 1. The Morgan fingerprint density at radius 2 is 1.82 bits per heavy atom. The van der Waals surface area contributed by atoms with Crippen LogP contribution in [0.1, 0.15) is 35.7 Å². The average Bonchev–Trinajstić information content (AvgIpc) is 2.74. The van der Waals surface area contributed by atoms with E-state index in [1.54, 1.807) is 31.1 Å². The first kappa shape index (κ1) is 23.5. The topological polar surface area (TPSA) is 150 Å². The monoisotopic (exact) mass is 457 g/mol. The molecule has 3 aliphatic rings. The minimum absolute atomic E-state index is 0.0948. The maximum atomic E-state index is 14.1. The number of phenols is 1. The predicted octanol–water partition coefficient (Wildman–Crippen LogP) is -0.307. The molecule has 2 saturated carbocycles. The molecule has 9 nitrogen and oxygen atoms in total. The zero-order valence-corrected chi connectivity index (χ0v) is 19.4. The van der Waals surface area contributed by atoms with Crippen molar-refractivity contribution < 1.29 is 29.4 Å². The second-order valence-corrected chi connectivity index (χ2v) is 9.98. The van der Waals surface area contributed by atoms with Crippen molar-refractivity contribution in [2.24, 2.45) is 35.3 Å². The maximum Gasteiger partial charge on any atom is 0.229 e. The number of primary amides is 1. The van der Waals surface area contributed by atoms with Crippen LogP contribution < -0.4 is 11.1 Å². The SMILES string of the molecule is CN[C@H]1C(C(N)=O)C(=O)[C@@H](N(C)C)[C@@H]2[C@@H](C)[C@H]3C(C(=O)c4c(O)cccc4[C@@H]3C)C(=O)[C@@]21O. The fourth-order valence-electron chi connectivity index (χ4n) is 7.07. The van der Waals surface area contributed by atoms with Crippen molar-refractivity contribution in [3.63, 3.8) is 0 Å². The Balaban J connectivity index is 1.97. The van der Waals surface area contributed by atoms with Crippen molar-refractivity contribution in [1.29, 1.82) is 0 Å². The summed E-state index contributed by atoms with van der Waals surface area (Å²) in [5.74, 6) is -7.58. The molecule has 3 aliphatic carbocycles. The van der Waals surface area contributed by atoms with Gasteiger partial charge in [-0.3, -0.25) is 24.1 Å². The largest absolute Gasteiger partial charge is 0.507 e. The number of ketones is 3. The number of hydrogen-bond donors (Lipinski definition) is 4. The third-order valence-electron chi connectivity index (χ3n) is 8.33. The third kappa shape index (κ3) is 2.88. The van der Waals surface area contributed by atoms with Crippen molar-refractivity contribution in [3.8, 4) is 5.75 Å². The molecule has 0 bridgehead atoms. The lowest BCUT2D eigenvalue weighted by molar-refractivity contribution is -0.192. The Hall–Kier alpha value is -2.62. The minimum Gasteiger partial charge on any atom is -0.507 e. The Morgan fingerprint density at radius 1 is 1.18 bits per heavy atom. The number of phenolic OH excluding ortho intramolecular Hbond substituents is 1. The standard InChI is InChI=1S/C24H31N3O6/c1-9-11-7-6-8-12(28)14(11)19(29)15-13(9)10(2)17-18(27(4)5)20(30)16(23(25)32)21(26-3)24(17,33)22(15)31/h6-10,13,15-18,21,26,28,33H,1-5H3,(H2,25,32)/t9-,10-,13-,15?,16?,17-,18-,21-,24+/m0/s1. The minimum atomic E-state index is -2.19. The van der Waals surface area contributed by atoms with Crippen LogP contribution in [0.25, 0.3) is 0 Å². The number of rotatable bonds is 3. The molecule has 2 fully saturated rings. The summed E-state index contributed by atoms with van der Waals surface area (Å²) in [5, 5.41) is 25.3. The van der Waals surface area contributed by atoms with Crippen LogP contribution in [0.4, 0.5) is 0 Å². The third-order valence-corrected chi connectivity index (χ3v) is 8.33. The van der Waals surface area contributed by atoms with Crippen LogP contribution >= 0.6 is 0 Å². The summed E-state index contributed by atoms with van der Waals surface area (Å²) >= 11 is 0. The fraction of sp³-hybridized carbons (Fsp3) is 0.583. The van der Waals surface area contributed by atoms with Crippen molar-refractivity contribution in [2.75, 3.05) is 21.1 Å². The van der Waals surface area contributed by atoms with Crippen LogP contribution in [-0.4, -0.2) is 77.2 Å². The van der Waals surface area contributed by atoms with Gasteiger partial charge in [0.1, 0.15) is 17.3 Å². The number of hydrogen-bond acceptors (Lipinski definition) is 8. The number of nitrogens with one attached hydrogen (secondary N) is 1. The molecule has 0 spiro atoms. The van der Waals surface area contributed by atoms with Crippen LogP contribution in [0, 0.1) is 29.6 Å². The van der Waals surface area contributed by atoms with E-state index >= 15 is 0 Å². The van der Waals surface area contributed by atoms with Crippen molar-refractivity contribution in [3.05, 3.63) is 29.3 Å². The maximum absolute atomic E-state index is 14.1. The Morgan fingerprint density at radius 3 is 2.36 bits per heavy atom. The molecule has 33 heavy (non-hydrogen) atoms. The van der Waals surface area contributed by atoms with Gasteiger partial charge in [0.15, 0.2) is 17.3 Å². The van der Waals surface area contributed by atoms with Gasteiger partial charge in [0.25, 0.3) is 0 Å². The van der Waals surface area contributed by atoms with Gasteiger partial charge >= 0.3 is 0 Å². The summed E-state index contributed by atoms with van der Waals surface area (Å²) in [7, 11) is 4.77. The molecule has 1 aromatic carbocycles. The molecule has 178 valence electrons. The molecule has 9 heteroatoms. The van der Waals surface area contributed by atoms with E-state index < -0.39 is 70.5 Å². The van der Waals surface area contributed by atoms with E-state index in [2.05, 4.69) is 5.32 Å². The molecule has 5 N–H and O–H groups in total. The molecular formula is C24H31N3O6. The molecule has 1 amide bonds. The van der Waals surface area contributed by atoms with Crippen molar-refractivity contribution >= 4 is 23.3 Å². The molecule has 0 aliphatic heterocycles. The summed E-state index contributed by atoms with van der Waals surface area (Å²) in [5.41, 5.74) is 4.13. The van der Waals surface area contributed by atoms with Gasteiger partial charge in [-0.25, -0.2) is 0 Å². The van der Waals surface area contributed by atoms with E-state index in [4.69, 9.17) is 5.73 Å². The first-order valence-corrected chi connectivity index (χ1v) is 11.2. The second-order valence-electron chi connectivity index (χ2n) is 9.98. The highest BCUT2D eigenvalue weighted by Gasteiger charge is 2.71. The number of nitrogens with two attached hydrogens (primary N) is 1. The van der Waals surface area contributed by atoms with Gasteiger partial charge in [0.05, 0.1) is 23.6 Å². The summed E-state index contributed by atoms with van der Waals surface area (Å²) in [6.07, 6.45) is 0. The highest BCUT2D eigenvalue weighted by atomic mass is 16.3. The number of aliphatic hydroxyl groups is 1. The zero-order chi connectivity index (χ0) is 24.6. The van der Waals surface area contributed by atoms with Gasteiger partial charge < -0.3 is 21.3 Å². The van der Waals surface area contributed by atoms with Gasteiger partial charge in [-0.2, -0.15) is 0 Å². The lowest BCUT2D eigenvalue weighted by atomic mass is 9.46. The van der Waals surface area contributed by atoms with Crippen molar-refractivity contribution in [1.82, 2.24) is 10.2 Å². The summed E-state index contributed by atoms with van der Waals surface area (Å²) in [6, 6.07) is 2.61. The zero-order valence-electron chi connectivity index (χ0n) is 19.4. The van der Waals surface area contributed by atoms with E-state index in [0.29, 0.717) is 5.56 Å². The molecule has 0 saturated heterocycles. The Kier molecular flexibility index (Phi) is 5.50. The molecular weight excluding hydrogens is 426 g/mol. The predicted molar refractivity (Wildman–Crippen MR) is 118 cm³/mol. The Bertz CT molecular complexity index is 1050. The Labute approximate surface area is 192 Å². The second kappa shape index (κ2) is 7.72. The molecule has 2 unspecified atom stereocenters. The molecule has 9 atom stereocenters. The molecule has 0 radical (unpaired) electrons. The van der Waals surface area contributed by atoms with Crippen LogP contribution in [0.2, 0.25) is 0 Å². The van der Waals surface area contributed by atoms with E-state index in [-0.39, 0.29) is 17.2 Å². The lowest BCUT2D eigenvalue weighted by Gasteiger charge is -2.60. The molecule has 1 aromatic rings. The van der Waals surface area contributed by atoms with E-state index in [1.807, 2.05) is 13.8 Å². The number of carbonyl (C=O) groups is 4. The molecule has 0 heterocycles. The highest BCUT2D eigenvalue weighted by Crippen LogP contribution is 2.57. The van der Waals surface area contributed by atoms with Gasteiger partial charge in [0.2, 0.25) is 5.91 Å². The first-order chi connectivity index (χ1) is 15.4. The van der Waals surface area contributed by atoms with Gasteiger partial charge in [-0.15, -0.1) is 0 Å². The normalized spacial score (nSPS) is 40.3. The average molecular weight is 458 g/mol. The number of aromatic hydroxyl groups is 1. The summed E-state index contributed by atoms with van der Waals surface area (Å²) in [4.78, 5) is 55.1. The smallest absolute Gasteiger partial charge is 0.229 e. The number of amides is 1. The van der Waals surface area contributed by atoms with Crippen LogP contribution in [-0.2, 0) is 14.4 Å². The number of benzene rings is 1. The summed E-state index contributed by atoms with van der Waals surface area (Å²) in [6.45, 7) is 3.74. The quantitative estimate of drug-likeness (QED) is 0.452. The van der Waals surface area contributed by atoms with E-state index in [1.165, 1.54) is 13.1 Å². The first-order valence-electron chi connectivity index (χ1n) is 11.2. The number of fused-ring (bicyclic) bond motifs is 3. The number of Topliss-reactive ketones (excluding diaryl/α,β-unsaturated/α-hetero) is 3. The van der Waals surface area contributed by atoms with Crippen LogP contribution in [0.5, 0.6) is 5.75 Å². The highest BCUT2D eigenvalue weighted by molar-refractivity contribution is 6.18. The van der Waals surface area contributed by atoms with E-state index in [9.17, 15) is 29.4 Å². The lowest BCUT2D eigenvalue weighted by Crippen LogP contribution is -2.79. The summed E-state index contributed by atoms with van der Waals surface area (Å²) < 4.78 is 0. The van der Waals surface area contributed by atoms with Gasteiger partial charge in [-0.1, -0.05) is 26.0 Å². The molecule has 4 rings (SSSR count). The van der Waals surface area contributed by atoms with Crippen molar-refractivity contribution in [2.45, 2.75) is 37.5 Å². The van der Waals surface area contributed by atoms with Crippen LogP contribution in [0.3, 0.4) is 0 Å².